The number of carbonyl (C=O) groups is 2. The average Bonchev–Trinajstić information content (AvgIpc) is 2.68. The molecular formula is C22H26N2O4. The summed E-state index contributed by atoms with van der Waals surface area (Å²) >= 11 is 0. The zero-order valence-corrected chi connectivity index (χ0v) is 16.0. The van der Waals surface area contributed by atoms with E-state index in [1.807, 2.05) is 49.4 Å². The lowest BCUT2D eigenvalue weighted by Crippen LogP contribution is -2.43. The third-order valence-electron chi connectivity index (χ3n) is 4.74. The number of benzene rings is 2. The number of hydrogen-bond donors (Lipinski definition) is 2. The minimum Gasteiger partial charge on any atom is -0.484 e. The predicted octanol–water partition coefficient (Wildman–Crippen LogP) is 4.05. The summed E-state index contributed by atoms with van der Waals surface area (Å²) in [7, 11) is 0. The van der Waals surface area contributed by atoms with E-state index in [2.05, 4.69) is 10.6 Å². The van der Waals surface area contributed by atoms with Crippen LogP contribution in [0.25, 0.3) is 0 Å². The van der Waals surface area contributed by atoms with Gasteiger partial charge < -0.3 is 14.8 Å². The van der Waals surface area contributed by atoms with E-state index < -0.39 is 6.09 Å². The van der Waals surface area contributed by atoms with Crippen LogP contribution < -0.4 is 15.4 Å². The van der Waals surface area contributed by atoms with Gasteiger partial charge in [0.2, 0.25) is 0 Å². The Kier molecular flexibility index (Phi) is 6.89. The van der Waals surface area contributed by atoms with Crippen molar-refractivity contribution in [2.45, 2.75) is 44.8 Å². The van der Waals surface area contributed by atoms with Crippen molar-refractivity contribution in [1.82, 2.24) is 5.32 Å². The number of amides is 2. The summed E-state index contributed by atoms with van der Waals surface area (Å²) < 4.78 is 11.1. The second-order valence-corrected chi connectivity index (χ2v) is 7.00. The second kappa shape index (κ2) is 9.78. The van der Waals surface area contributed by atoms with Crippen molar-refractivity contribution in [3.63, 3.8) is 0 Å². The molecule has 0 heterocycles. The van der Waals surface area contributed by atoms with Gasteiger partial charge >= 0.3 is 6.09 Å². The van der Waals surface area contributed by atoms with Gasteiger partial charge in [0, 0.05) is 18.2 Å². The molecule has 6 nitrogen and oxygen atoms in total. The highest BCUT2D eigenvalue weighted by Crippen LogP contribution is 2.22. The first kappa shape index (κ1) is 19.7. The Balaban J connectivity index is 1.42. The molecule has 0 unspecified atom stereocenters. The summed E-state index contributed by atoms with van der Waals surface area (Å²) in [5.74, 6) is 0.544. The maximum atomic E-state index is 12.2. The molecule has 1 fully saturated rings. The fraction of sp³-hybridized carbons (Fsp3) is 0.364. The van der Waals surface area contributed by atoms with Crippen LogP contribution in [0.5, 0.6) is 5.75 Å². The van der Waals surface area contributed by atoms with Gasteiger partial charge in [-0.2, -0.15) is 0 Å². The Hall–Kier alpha value is -3.02. The molecule has 1 aliphatic rings. The van der Waals surface area contributed by atoms with Crippen LogP contribution >= 0.6 is 0 Å². The lowest BCUT2D eigenvalue weighted by Gasteiger charge is -2.29. The van der Waals surface area contributed by atoms with Crippen LogP contribution in [0.2, 0.25) is 0 Å². The van der Waals surface area contributed by atoms with Crippen LogP contribution in [0.1, 0.15) is 31.2 Å². The molecule has 0 spiro atoms. The number of para-hydroxylation sites is 2. The smallest absolute Gasteiger partial charge is 0.411 e. The van der Waals surface area contributed by atoms with E-state index in [4.69, 9.17) is 9.47 Å². The molecular weight excluding hydrogens is 356 g/mol. The van der Waals surface area contributed by atoms with Gasteiger partial charge in [-0.15, -0.1) is 0 Å². The monoisotopic (exact) mass is 382 g/mol. The zero-order valence-electron chi connectivity index (χ0n) is 16.0. The van der Waals surface area contributed by atoms with Crippen molar-refractivity contribution < 1.29 is 19.1 Å². The molecule has 1 aliphatic carbocycles. The molecule has 6 heteroatoms. The van der Waals surface area contributed by atoms with Gasteiger partial charge in [-0.25, -0.2) is 4.79 Å². The number of rotatable bonds is 6. The van der Waals surface area contributed by atoms with Crippen LogP contribution in [-0.4, -0.2) is 30.8 Å². The summed E-state index contributed by atoms with van der Waals surface area (Å²) in [4.78, 5) is 24.3. The SMILES string of the molecule is Cc1ccccc1OCC(=O)N[C@H]1CCC[C@H](OC(=O)Nc2ccccc2)C1. The van der Waals surface area contributed by atoms with Gasteiger partial charge in [-0.05, 0) is 49.9 Å². The van der Waals surface area contributed by atoms with Crippen LogP contribution in [0, 0.1) is 6.92 Å². The van der Waals surface area contributed by atoms with E-state index in [0.29, 0.717) is 17.9 Å². The van der Waals surface area contributed by atoms with Crippen molar-refractivity contribution >= 4 is 17.7 Å². The molecule has 2 N–H and O–H groups in total. The van der Waals surface area contributed by atoms with E-state index in [1.165, 1.54) is 0 Å². The molecule has 1 saturated carbocycles. The average molecular weight is 382 g/mol. The topological polar surface area (TPSA) is 76.7 Å². The molecule has 0 aliphatic heterocycles. The normalized spacial score (nSPS) is 18.8. The number of carbonyl (C=O) groups excluding carboxylic acids is 2. The fourth-order valence-electron chi connectivity index (χ4n) is 3.33. The second-order valence-electron chi connectivity index (χ2n) is 7.00. The predicted molar refractivity (Wildman–Crippen MR) is 107 cm³/mol. The minimum absolute atomic E-state index is 0.0174. The zero-order chi connectivity index (χ0) is 19.8. The van der Waals surface area contributed by atoms with Crippen LogP contribution in [0.4, 0.5) is 10.5 Å². The Morgan fingerprint density at radius 1 is 1.04 bits per heavy atom. The maximum Gasteiger partial charge on any atom is 0.411 e. The number of hydrogen-bond acceptors (Lipinski definition) is 4. The Morgan fingerprint density at radius 2 is 1.79 bits per heavy atom. The summed E-state index contributed by atoms with van der Waals surface area (Å²) in [5.41, 5.74) is 1.69. The van der Waals surface area contributed by atoms with E-state index in [0.717, 1.165) is 24.8 Å². The molecule has 2 aromatic carbocycles. The van der Waals surface area contributed by atoms with Gasteiger partial charge in [0.25, 0.3) is 5.91 Å². The quantitative estimate of drug-likeness (QED) is 0.790. The van der Waals surface area contributed by atoms with Gasteiger partial charge in [0.15, 0.2) is 6.61 Å². The molecule has 0 radical (unpaired) electrons. The highest BCUT2D eigenvalue weighted by atomic mass is 16.6. The third kappa shape index (κ3) is 6.01. The molecule has 2 aromatic rings. The van der Waals surface area contributed by atoms with Crippen molar-refractivity contribution in [2.75, 3.05) is 11.9 Å². The summed E-state index contributed by atoms with van der Waals surface area (Å²) in [6.07, 6.45) is 2.50. The van der Waals surface area contributed by atoms with Crippen molar-refractivity contribution in [2.24, 2.45) is 0 Å². The minimum atomic E-state index is -0.467. The van der Waals surface area contributed by atoms with Crippen LogP contribution in [0.3, 0.4) is 0 Å². The van der Waals surface area contributed by atoms with E-state index >= 15 is 0 Å². The molecule has 0 aromatic heterocycles. The molecule has 148 valence electrons. The standard InChI is InChI=1S/C22H26N2O4/c1-16-8-5-6-13-20(16)27-15-21(25)23-18-11-7-12-19(14-18)28-22(26)24-17-9-3-2-4-10-17/h2-6,8-10,13,18-19H,7,11-12,14-15H2,1H3,(H,23,25)(H,24,26)/t18-,19-/m0/s1. The molecule has 2 amide bonds. The van der Waals surface area contributed by atoms with Gasteiger partial charge in [0.05, 0.1) is 0 Å². The Labute approximate surface area is 165 Å². The highest BCUT2D eigenvalue weighted by Gasteiger charge is 2.26. The largest absolute Gasteiger partial charge is 0.484 e. The highest BCUT2D eigenvalue weighted by molar-refractivity contribution is 5.84. The first-order valence-corrected chi connectivity index (χ1v) is 9.60. The van der Waals surface area contributed by atoms with E-state index in [-0.39, 0.29) is 24.7 Å². The number of aryl methyl sites for hydroxylation is 1. The fourth-order valence-corrected chi connectivity index (χ4v) is 3.33. The Bertz CT molecular complexity index is 794. The lowest BCUT2D eigenvalue weighted by molar-refractivity contribution is -0.124. The summed E-state index contributed by atoms with van der Waals surface area (Å²) in [5, 5.41) is 5.71. The number of nitrogens with one attached hydrogen (secondary N) is 2. The molecule has 28 heavy (non-hydrogen) atoms. The first-order chi connectivity index (χ1) is 13.6. The number of ether oxygens (including phenoxy) is 2. The van der Waals surface area contributed by atoms with Gasteiger partial charge in [-0.3, -0.25) is 10.1 Å². The Morgan fingerprint density at radius 3 is 2.57 bits per heavy atom. The molecule has 0 saturated heterocycles. The van der Waals surface area contributed by atoms with Crippen molar-refractivity contribution in [1.29, 1.82) is 0 Å². The van der Waals surface area contributed by atoms with E-state index in [1.54, 1.807) is 12.1 Å². The third-order valence-corrected chi connectivity index (χ3v) is 4.74. The van der Waals surface area contributed by atoms with Crippen LogP contribution in [0.15, 0.2) is 54.6 Å². The molecule has 2 atom stereocenters. The van der Waals surface area contributed by atoms with Crippen LogP contribution in [-0.2, 0) is 9.53 Å². The summed E-state index contributed by atoms with van der Waals surface area (Å²) in [6.45, 7) is 1.91. The first-order valence-electron chi connectivity index (χ1n) is 9.60. The van der Waals surface area contributed by atoms with E-state index in [9.17, 15) is 9.59 Å². The molecule has 3 rings (SSSR count). The number of anilines is 1. The lowest BCUT2D eigenvalue weighted by atomic mass is 9.93. The molecule has 0 bridgehead atoms. The van der Waals surface area contributed by atoms with Gasteiger partial charge in [-0.1, -0.05) is 36.4 Å². The summed E-state index contributed by atoms with van der Waals surface area (Å²) in [6, 6.07) is 16.8. The van der Waals surface area contributed by atoms with Gasteiger partial charge in [0.1, 0.15) is 11.9 Å². The van der Waals surface area contributed by atoms with Crippen molar-refractivity contribution in [3.8, 4) is 5.75 Å². The van der Waals surface area contributed by atoms with Crippen molar-refractivity contribution in [3.05, 3.63) is 60.2 Å². The maximum absolute atomic E-state index is 12.2.